The van der Waals surface area contributed by atoms with Crippen molar-refractivity contribution in [3.05, 3.63) is 39.4 Å². The highest BCUT2D eigenvalue weighted by Crippen LogP contribution is 2.35. The van der Waals surface area contributed by atoms with Gasteiger partial charge in [-0.2, -0.15) is 5.26 Å². The molecular formula is C8H4Br2N2O2. The molecule has 0 saturated heterocycles. The minimum atomic E-state index is -0.508. The Bertz CT molecular complexity index is 412. The molecule has 0 N–H and O–H groups in total. The second-order valence-electron chi connectivity index (χ2n) is 2.44. The van der Waals surface area contributed by atoms with Crippen LogP contribution in [0, 0.1) is 21.4 Å². The number of alkyl halides is 2. The molecule has 0 bridgehead atoms. The monoisotopic (exact) mass is 318 g/mol. The summed E-state index contributed by atoms with van der Waals surface area (Å²) < 4.78 is -0.289. The van der Waals surface area contributed by atoms with Crippen LogP contribution in [-0.2, 0) is 0 Å². The van der Waals surface area contributed by atoms with Gasteiger partial charge in [-0.05, 0) is 12.1 Å². The minimum absolute atomic E-state index is 0.0669. The zero-order chi connectivity index (χ0) is 10.7. The van der Waals surface area contributed by atoms with E-state index in [-0.39, 0.29) is 15.0 Å². The van der Waals surface area contributed by atoms with Gasteiger partial charge in [0.05, 0.1) is 22.1 Å². The second-order valence-corrected chi connectivity index (χ2v) is 5.50. The van der Waals surface area contributed by atoms with Crippen molar-refractivity contribution in [3.8, 4) is 6.07 Å². The summed E-state index contributed by atoms with van der Waals surface area (Å²) in [5.74, 6) is 0. The van der Waals surface area contributed by atoms with Gasteiger partial charge in [0.25, 0.3) is 5.69 Å². The summed E-state index contributed by atoms with van der Waals surface area (Å²) in [4.78, 5) is 10.1. The maximum absolute atomic E-state index is 10.6. The molecule has 0 aromatic heterocycles. The van der Waals surface area contributed by atoms with Gasteiger partial charge < -0.3 is 0 Å². The van der Waals surface area contributed by atoms with Crippen LogP contribution >= 0.6 is 31.9 Å². The molecule has 0 atom stereocenters. The quantitative estimate of drug-likeness (QED) is 0.477. The smallest absolute Gasteiger partial charge is 0.258 e. The number of rotatable bonds is 2. The zero-order valence-corrected chi connectivity index (χ0v) is 9.95. The normalized spacial score (nSPS) is 9.86. The van der Waals surface area contributed by atoms with Crippen molar-refractivity contribution in [3.63, 3.8) is 0 Å². The highest BCUT2D eigenvalue weighted by molar-refractivity contribution is 9.24. The van der Waals surface area contributed by atoms with Gasteiger partial charge >= 0.3 is 0 Å². The number of benzene rings is 1. The van der Waals surface area contributed by atoms with E-state index < -0.39 is 4.92 Å². The van der Waals surface area contributed by atoms with E-state index in [1.54, 1.807) is 6.07 Å². The van der Waals surface area contributed by atoms with Gasteiger partial charge in [-0.15, -0.1) is 0 Å². The molecule has 0 aliphatic heterocycles. The number of nitrogens with zero attached hydrogens (tertiary/aromatic N) is 2. The fourth-order valence-electron chi connectivity index (χ4n) is 0.956. The third-order valence-corrected chi connectivity index (χ3v) is 2.58. The van der Waals surface area contributed by atoms with Crippen LogP contribution in [0.5, 0.6) is 0 Å². The first-order chi connectivity index (χ1) is 6.56. The molecule has 6 heteroatoms. The molecule has 72 valence electrons. The maximum atomic E-state index is 10.6. The zero-order valence-electron chi connectivity index (χ0n) is 6.78. The highest BCUT2D eigenvalue weighted by Gasteiger charge is 2.18. The van der Waals surface area contributed by atoms with Crippen molar-refractivity contribution >= 4 is 37.5 Å². The van der Waals surface area contributed by atoms with Gasteiger partial charge in [0.1, 0.15) is 3.74 Å². The topological polar surface area (TPSA) is 66.9 Å². The van der Waals surface area contributed by atoms with Crippen molar-refractivity contribution in [1.29, 1.82) is 5.26 Å². The molecule has 0 heterocycles. The molecule has 4 nitrogen and oxygen atoms in total. The molecule has 0 radical (unpaired) electrons. The number of nitriles is 1. The number of hydrogen-bond donors (Lipinski definition) is 0. The van der Waals surface area contributed by atoms with E-state index in [1.165, 1.54) is 12.1 Å². The maximum Gasteiger partial charge on any atom is 0.275 e. The van der Waals surface area contributed by atoms with Crippen LogP contribution in [0.4, 0.5) is 5.69 Å². The summed E-state index contributed by atoms with van der Waals surface area (Å²) in [6.07, 6.45) is 0. The van der Waals surface area contributed by atoms with Gasteiger partial charge in [0.15, 0.2) is 0 Å². The number of halogens is 2. The van der Waals surface area contributed by atoms with E-state index in [1.807, 2.05) is 6.07 Å². The van der Waals surface area contributed by atoms with Crippen LogP contribution in [0.1, 0.15) is 14.9 Å². The van der Waals surface area contributed by atoms with E-state index >= 15 is 0 Å². The molecule has 1 aromatic rings. The average molecular weight is 320 g/mol. The lowest BCUT2D eigenvalue weighted by molar-refractivity contribution is -0.385. The summed E-state index contributed by atoms with van der Waals surface area (Å²) in [6, 6.07) is 6.19. The van der Waals surface area contributed by atoms with Crippen molar-refractivity contribution in [1.82, 2.24) is 0 Å². The van der Waals surface area contributed by atoms with Crippen molar-refractivity contribution in [2.75, 3.05) is 0 Å². The first-order valence-electron chi connectivity index (χ1n) is 3.53. The summed E-state index contributed by atoms with van der Waals surface area (Å²) >= 11 is 6.35. The van der Waals surface area contributed by atoms with Gasteiger partial charge in [0, 0.05) is 6.07 Å². The first kappa shape index (κ1) is 11.1. The van der Waals surface area contributed by atoms with E-state index in [4.69, 9.17) is 5.26 Å². The molecule has 1 rings (SSSR count). The van der Waals surface area contributed by atoms with Crippen molar-refractivity contribution in [2.45, 2.75) is 3.74 Å². The summed E-state index contributed by atoms with van der Waals surface area (Å²) in [5, 5.41) is 19.2. The van der Waals surface area contributed by atoms with Crippen LogP contribution in [0.2, 0.25) is 0 Å². The Morgan fingerprint density at radius 1 is 1.50 bits per heavy atom. The molecule has 0 aliphatic carbocycles. The fourth-order valence-corrected chi connectivity index (χ4v) is 1.73. The Morgan fingerprint density at radius 3 is 2.57 bits per heavy atom. The molecule has 0 aliphatic rings. The van der Waals surface area contributed by atoms with Crippen molar-refractivity contribution < 1.29 is 4.92 Å². The standard InChI is InChI=1S/C8H4Br2N2O2/c9-8(10)6-2-1-5(4-11)3-7(6)12(13)14/h1-3,8H. The van der Waals surface area contributed by atoms with Crippen molar-refractivity contribution in [2.24, 2.45) is 0 Å². The third-order valence-electron chi connectivity index (χ3n) is 1.59. The molecule has 14 heavy (non-hydrogen) atoms. The first-order valence-corrected chi connectivity index (χ1v) is 5.36. The Morgan fingerprint density at radius 2 is 2.14 bits per heavy atom. The summed E-state index contributed by atoms with van der Waals surface area (Å²) in [5.41, 5.74) is 0.706. The highest BCUT2D eigenvalue weighted by atomic mass is 79.9. The summed E-state index contributed by atoms with van der Waals surface area (Å²) in [6.45, 7) is 0. The van der Waals surface area contributed by atoms with E-state index in [0.29, 0.717) is 5.56 Å². The predicted molar refractivity (Wildman–Crippen MR) is 58.4 cm³/mol. The molecule has 0 amide bonds. The van der Waals surface area contributed by atoms with Crippen LogP contribution in [0.3, 0.4) is 0 Å². The molecule has 1 aromatic carbocycles. The lowest BCUT2D eigenvalue weighted by Gasteiger charge is -2.03. The molecule has 0 spiro atoms. The Hall–Kier alpha value is -0.930. The van der Waals surface area contributed by atoms with Gasteiger partial charge in [-0.25, -0.2) is 0 Å². The van der Waals surface area contributed by atoms with Crippen LogP contribution in [0.25, 0.3) is 0 Å². The molecule has 0 fully saturated rings. The molecule has 0 saturated carbocycles. The SMILES string of the molecule is N#Cc1ccc(C(Br)Br)c([N+](=O)[O-])c1. The van der Waals surface area contributed by atoms with Crippen LogP contribution in [-0.4, -0.2) is 4.92 Å². The number of hydrogen-bond acceptors (Lipinski definition) is 3. The lowest BCUT2D eigenvalue weighted by atomic mass is 10.1. The Balaban J connectivity index is 3.33. The Labute approximate surface area is 96.9 Å². The summed E-state index contributed by atoms with van der Waals surface area (Å²) in [7, 11) is 0. The minimum Gasteiger partial charge on any atom is -0.258 e. The van der Waals surface area contributed by atoms with Gasteiger partial charge in [-0.1, -0.05) is 31.9 Å². The molecular weight excluding hydrogens is 316 g/mol. The Kier molecular flexibility index (Phi) is 3.61. The second kappa shape index (κ2) is 4.53. The number of nitro groups is 1. The van der Waals surface area contributed by atoms with E-state index in [9.17, 15) is 10.1 Å². The van der Waals surface area contributed by atoms with E-state index in [0.717, 1.165) is 0 Å². The largest absolute Gasteiger partial charge is 0.275 e. The average Bonchev–Trinajstić information content (AvgIpc) is 2.16. The van der Waals surface area contributed by atoms with Crippen LogP contribution < -0.4 is 0 Å². The van der Waals surface area contributed by atoms with Crippen LogP contribution in [0.15, 0.2) is 18.2 Å². The van der Waals surface area contributed by atoms with Gasteiger partial charge in [0.2, 0.25) is 0 Å². The van der Waals surface area contributed by atoms with E-state index in [2.05, 4.69) is 31.9 Å². The molecule has 0 unspecified atom stereocenters. The predicted octanol–water partition coefficient (Wildman–Crippen LogP) is 3.25. The van der Waals surface area contributed by atoms with Gasteiger partial charge in [-0.3, -0.25) is 10.1 Å². The fraction of sp³-hybridized carbons (Fsp3) is 0.125. The lowest BCUT2D eigenvalue weighted by Crippen LogP contribution is -1.95. The number of nitro benzene ring substituents is 1. The third kappa shape index (κ3) is 2.30.